The number of sulfonamides is 1. The first kappa shape index (κ1) is 23.8. The number of anilines is 1. The third kappa shape index (κ3) is 5.08. The standard InChI is InChI=1S/C26H28N2O5S/c1-3-32-24-13-11-20(17-25(24)33-4-2)26(29)27-22-12-10-19-14-15-28(18-21(19)16-22)34(30,31)23-8-6-5-7-9-23/h5-13,16-17H,3-4,14-15,18H2,1-2H3,(H,27,29). The van der Waals surface area contributed by atoms with Crippen LogP contribution in [0.5, 0.6) is 11.5 Å². The fourth-order valence-electron chi connectivity index (χ4n) is 3.95. The van der Waals surface area contributed by atoms with Crippen LogP contribution in [-0.4, -0.2) is 38.4 Å². The molecule has 0 fully saturated rings. The fourth-order valence-corrected chi connectivity index (χ4v) is 5.39. The number of amides is 1. The molecule has 0 spiro atoms. The zero-order valence-corrected chi connectivity index (χ0v) is 20.1. The van der Waals surface area contributed by atoms with Crippen molar-refractivity contribution in [1.29, 1.82) is 0 Å². The van der Waals surface area contributed by atoms with Crippen LogP contribution in [0.3, 0.4) is 0 Å². The van der Waals surface area contributed by atoms with Gasteiger partial charge in [-0.15, -0.1) is 0 Å². The van der Waals surface area contributed by atoms with E-state index in [0.717, 1.165) is 11.1 Å². The molecule has 34 heavy (non-hydrogen) atoms. The van der Waals surface area contributed by atoms with E-state index < -0.39 is 10.0 Å². The summed E-state index contributed by atoms with van der Waals surface area (Å²) in [4.78, 5) is 13.2. The Morgan fingerprint density at radius 3 is 2.38 bits per heavy atom. The molecule has 1 heterocycles. The van der Waals surface area contributed by atoms with Crippen LogP contribution in [0.1, 0.15) is 35.3 Å². The lowest BCUT2D eigenvalue weighted by Crippen LogP contribution is -2.36. The van der Waals surface area contributed by atoms with E-state index in [0.29, 0.717) is 48.9 Å². The van der Waals surface area contributed by atoms with E-state index in [4.69, 9.17) is 9.47 Å². The maximum absolute atomic E-state index is 13.0. The van der Waals surface area contributed by atoms with Gasteiger partial charge in [0.2, 0.25) is 10.0 Å². The summed E-state index contributed by atoms with van der Waals surface area (Å²) in [5.74, 6) is 0.826. The topological polar surface area (TPSA) is 84.9 Å². The molecule has 3 aromatic carbocycles. The van der Waals surface area contributed by atoms with Gasteiger partial charge in [-0.3, -0.25) is 4.79 Å². The lowest BCUT2D eigenvalue weighted by atomic mass is 10.0. The highest BCUT2D eigenvalue weighted by atomic mass is 32.2. The van der Waals surface area contributed by atoms with Crippen LogP contribution in [-0.2, 0) is 23.0 Å². The van der Waals surface area contributed by atoms with Crippen molar-refractivity contribution in [3.8, 4) is 11.5 Å². The van der Waals surface area contributed by atoms with E-state index in [-0.39, 0.29) is 17.3 Å². The highest BCUT2D eigenvalue weighted by molar-refractivity contribution is 7.89. The van der Waals surface area contributed by atoms with E-state index in [2.05, 4.69) is 5.32 Å². The lowest BCUT2D eigenvalue weighted by molar-refractivity contribution is 0.102. The summed E-state index contributed by atoms with van der Waals surface area (Å²) >= 11 is 0. The molecule has 178 valence electrons. The van der Waals surface area contributed by atoms with Crippen LogP contribution in [0.2, 0.25) is 0 Å². The number of carbonyl (C=O) groups excluding carboxylic acids is 1. The maximum atomic E-state index is 13.0. The Balaban J connectivity index is 1.52. The second kappa shape index (κ2) is 10.3. The molecule has 1 amide bonds. The Bertz CT molecular complexity index is 1280. The first-order valence-corrected chi connectivity index (χ1v) is 12.7. The van der Waals surface area contributed by atoms with Crippen LogP contribution < -0.4 is 14.8 Å². The van der Waals surface area contributed by atoms with E-state index in [1.807, 2.05) is 32.0 Å². The predicted octanol–water partition coefficient (Wildman–Crippen LogP) is 4.48. The summed E-state index contributed by atoms with van der Waals surface area (Å²) in [6.07, 6.45) is 0.617. The summed E-state index contributed by atoms with van der Waals surface area (Å²) in [5.41, 5.74) is 3.01. The van der Waals surface area contributed by atoms with Gasteiger partial charge in [0, 0.05) is 24.3 Å². The molecule has 7 nitrogen and oxygen atoms in total. The van der Waals surface area contributed by atoms with Crippen LogP contribution in [0.15, 0.2) is 71.6 Å². The Labute approximate surface area is 200 Å². The monoisotopic (exact) mass is 480 g/mol. The van der Waals surface area contributed by atoms with Crippen molar-refractivity contribution < 1.29 is 22.7 Å². The minimum atomic E-state index is -3.58. The van der Waals surface area contributed by atoms with Crippen LogP contribution in [0, 0.1) is 0 Å². The van der Waals surface area contributed by atoms with Gasteiger partial charge in [0.05, 0.1) is 18.1 Å². The molecule has 1 aliphatic heterocycles. The van der Waals surface area contributed by atoms with Gasteiger partial charge in [0.15, 0.2) is 11.5 Å². The molecule has 0 aliphatic carbocycles. The van der Waals surface area contributed by atoms with Gasteiger partial charge < -0.3 is 14.8 Å². The number of fused-ring (bicyclic) bond motifs is 1. The maximum Gasteiger partial charge on any atom is 0.255 e. The third-order valence-corrected chi connectivity index (χ3v) is 7.49. The van der Waals surface area contributed by atoms with Crippen molar-refractivity contribution in [3.63, 3.8) is 0 Å². The summed E-state index contributed by atoms with van der Waals surface area (Å²) in [6, 6.07) is 19.2. The first-order chi connectivity index (χ1) is 16.4. The average molecular weight is 481 g/mol. The van der Waals surface area contributed by atoms with Crippen molar-refractivity contribution in [1.82, 2.24) is 4.31 Å². The summed E-state index contributed by atoms with van der Waals surface area (Å²) in [7, 11) is -3.58. The van der Waals surface area contributed by atoms with Crippen molar-refractivity contribution in [3.05, 3.63) is 83.4 Å². The zero-order chi connectivity index (χ0) is 24.1. The van der Waals surface area contributed by atoms with Gasteiger partial charge in [-0.25, -0.2) is 8.42 Å². The number of rotatable bonds is 8. The van der Waals surface area contributed by atoms with Gasteiger partial charge >= 0.3 is 0 Å². The lowest BCUT2D eigenvalue weighted by Gasteiger charge is -2.28. The van der Waals surface area contributed by atoms with Gasteiger partial charge in [-0.05, 0) is 73.9 Å². The number of nitrogens with one attached hydrogen (secondary N) is 1. The molecule has 4 rings (SSSR count). The van der Waals surface area contributed by atoms with Crippen molar-refractivity contribution >= 4 is 21.6 Å². The Hall–Kier alpha value is -3.36. The molecule has 0 unspecified atom stereocenters. The van der Waals surface area contributed by atoms with Crippen LogP contribution in [0.25, 0.3) is 0 Å². The molecule has 8 heteroatoms. The largest absolute Gasteiger partial charge is 0.490 e. The molecule has 0 saturated carbocycles. The molecule has 1 aliphatic rings. The molecule has 0 saturated heterocycles. The number of hydrogen-bond donors (Lipinski definition) is 1. The molecular formula is C26H28N2O5S. The van der Waals surface area contributed by atoms with E-state index in [9.17, 15) is 13.2 Å². The second-order valence-corrected chi connectivity index (χ2v) is 9.80. The zero-order valence-electron chi connectivity index (χ0n) is 19.3. The third-order valence-electron chi connectivity index (χ3n) is 5.63. The molecule has 0 aromatic heterocycles. The molecule has 1 N–H and O–H groups in total. The fraction of sp³-hybridized carbons (Fsp3) is 0.269. The van der Waals surface area contributed by atoms with Crippen molar-refractivity contribution in [2.75, 3.05) is 25.1 Å². The second-order valence-electron chi connectivity index (χ2n) is 7.87. The molecule has 0 radical (unpaired) electrons. The van der Waals surface area contributed by atoms with E-state index in [1.54, 1.807) is 48.5 Å². The molecule has 0 atom stereocenters. The van der Waals surface area contributed by atoms with E-state index in [1.165, 1.54) is 4.31 Å². The number of ether oxygens (including phenoxy) is 2. The predicted molar refractivity (Wildman–Crippen MR) is 131 cm³/mol. The minimum absolute atomic E-state index is 0.258. The quantitative estimate of drug-likeness (QED) is 0.514. The van der Waals surface area contributed by atoms with Gasteiger partial charge in [0.25, 0.3) is 5.91 Å². The highest BCUT2D eigenvalue weighted by Crippen LogP contribution is 2.30. The summed E-state index contributed by atoms with van der Waals surface area (Å²) < 4.78 is 38.7. The smallest absolute Gasteiger partial charge is 0.255 e. The summed E-state index contributed by atoms with van der Waals surface area (Å²) in [5, 5.41) is 2.91. The molecule has 3 aromatic rings. The number of nitrogens with zero attached hydrogens (tertiary/aromatic N) is 1. The van der Waals surface area contributed by atoms with Crippen molar-refractivity contribution in [2.24, 2.45) is 0 Å². The Morgan fingerprint density at radius 2 is 1.65 bits per heavy atom. The first-order valence-electron chi connectivity index (χ1n) is 11.3. The Kier molecular flexibility index (Phi) is 7.19. The van der Waals surface area contributed by atoms with Crippen LogP contribution >= 0.6 is 0 Å². The normalized spacial score (nSPS) is 13.7. The van der Waals surface area contributed by atoms with Crippen LogP contribution in [0.4, 0.5) is 5.69 Å². The van der Waals surface area contributed by atoms with Gasteiger partial charge in [0.1, 0.15) is 0 Å². The molecular weight excluding hydrogens is 452 g/mol. The highest BCUT2D eigenvalue weighted by Gasteiger charge is 2.28. The summed E-state index contributed by atoms with van der Waals surface area (Å²) in [6.45, 7) is 5.39. The number of carbonyl (C=O) groups is 1. The average Bonchev–Trinajstić information content (AvgIpc) is 2.85. The SMILES string of the molecule is CCOc1ccc(C(=O)Nc2ccc3c(c2)CN(S(=O)(=O)c2ccccc2)CC3)cc1OCC. The van der Waals surface area contributed by atoms with Gasteiger partial charge in [-0.1, -0.05) is 24.3 Å². The van der Waals surface area contributed by atoms with Gasteiger partial charge in [-0.2, -0.15) is 4.31 Å². The number of hydrogen-bond acceptors (Lipinski definition) is 5. The minimum Gasteiger partial charge on any atom is -0.490 e. The van der Waals surface area contributed by atoms with Crippen molar-refractivity contribution in [2.45, 2.75) is 31.7 Å². The Morgan fingerprint density at radius 1 is 0.912 bits per heavy atom. The number of benzene rings is 3. The molecule has 0 bridgehead atoms. The van der Waals surface area contributed by atoms with E-state index >= 15 is 0 Å².